The average Bonchev–Trinajstić information content (AvgIpc) is 1.31. The first kappa shape index (κ1) is 7.07. The van der Waals surface area contributed by atoms with Gasteiger partial charge in [-0.05, 0) is 0 Å². The summed E-state index contributed by atoms with van der Waals surface area (Å²) in [6.45, 7) is 0. The third kappa shape index (κ3) is 2.73. The van der Waals surface area contributed by atoms with Crippen molar-refractivity contribution in [2.45, 2.75) is 5.07 Å². The van der Waals surface area contributed by atoms with Crippen molar-refractivity contribution in [2.24, 2.45) is 0 Å². The minimum atomic E-state index is -4.99. The fraction of sp³-hybridized carbons (Fsp3) is 1.00. The molecule has 2 nitrogen and oxygen atoms in total. The molecule has 0 aromatic heterocycles. The van der Waals surface area contributed by atoms with E-state index in [1.54, 1.807) is 0 Å². The number of hydrogen-bond donors (Lipinski definition) is 0. The normalized spacial score (nSPS) is 16.6. The molecule has 0 saturated carbocycles. The van der Waals surface area contributed by atoms with E-state index in [0.717, 1.165) is 0 Å². The Morgan fingerprint density at radius 1 is 1.43 bits per heavy atom. The summed E-state index contributed by atoms with van der Waals surface area (Å²) in [7, 11) is 0. The monoisotopic (exact) mass is 181 g/mol. The minimum absolute atomic E-state index is 4.74. The average molecular weight is 180 g/mol. The first-order chi connectivity index (χ1) is 2.94. The molecule has 6 heteroatoms. The summed E-state index contributed by atoms with van der Waals surface area (Å²) in [4.78, 5) is 0. The van der Waals surface area contributed by atoms with E-state index in [-0.39, 0.29) is 0 Å². The maximum atomic E-state index is 10.6. The van der Waals surface area contributed by atoms with Gasteiger partial charge in [-0.15, -0.1) is 0 Å². The van der Waals surface area contributed by atoms with Gasteiger partial charge in [0.05, 0.1) is 0 Å². The third-order valence-corrected chi connectivity index (χ3v) is 0.982. The Balaban J connectivity index is 3.79. The SMILES string of the molecule is O=[Se]([O-])C(F)(F)F. The number of hydrogen-bond acceptors (Lipinski definition) is 2. The van der Waals surface area contributed by atoms with Crippen molar-refractivity contribution in [3.05, 3.63) is 0 Å². The van der Waals surface area contributed by atoms with Crippen molar-refractivity contribution in [2.75, 3.05) is 0 Å². The van der Waals surface area contributed by atoms with Crippen molar-refractivity contribution in [1.82, 2.24) is 0 Å². The second kappa shape index (κ2) is 1.90. The first-order valence-electron chi connectivity index (χ1n) is 1.10. The molecule has 0 saturated heterocycles. The zero-order valence-electron chi connectivity index (χ0n) is 2.86. The Labute approximate surface area is 41.4 Å². The van der Waals surface area contributed by atoms with E-state index in [1.165, 1.54) is 0 Å². The summed E-state index contributed by atoms with van der Waals surface area (Å²) < 4.78 is 49.8. The van der Waals surface area contributed by atoms with Crippen LogP contribution in [0, 0.1) is 0 Å². The van der Waals surface area contributed by atoms with Crippen LogP contribution in [0.3, 0.4) is 0 Å². The van der Waals surface area contributed by atoms with Gasteiger partial charge in [0.1, 0.15) is 0 Å². The molecule has 7 heavy (non-hydrogen) atoms. The first-order valence-corrected chi connectivity index (χ1v) is 3.36. The molecule has 44 valence electrons. The summed E-state index contributed by atoms with van der Waals surface area (Å²) in [5.41, 5.74) is 0. The van der Waals surface area contributed by atoms with Crippen molar-refractivity contribution < 1.29 is 21.2 Å². The van der Waals surface area contributed by atoms with Crippen LogP contribution >= 0.6 is 0 Å². The molecule has 0 aromatic carbocycles. The summed E-state index contributed by atoms with van der Waals surface area (Å²) in [5, 5.41) is -4.99. The fourth-order valence-electron chi connectivity index (χ4n) is 0. The van der Waals surface area contributed by atoms with Gasteiger partial charge in [0, 0.05) is 0 Å². The molecule has 1 unspecified atom stereocenters. The van der Waals surface area contributed by atoms with Crippen LogP contribution in [-0.4, -0.2) is 19.2 Å². The van der Waals surface area contributed by atoms with Crippen LogP contribution in [0.4, 0.5) is 13.2 Å². The molecule has 0 aliphatic heterocycles. The molecule has 0 aliphatic rings. The second-order valence-electron chi connectivity index (χ2n) is 0.680. The fourth-order valence-corrected chi connectivity index (χ4v) is 0. The van der Waals surface area contributed by atoms with Gasteiger partial charge in [0.2, 0.25) is 0 Å². The van der Waals surface area contributed by atoms with Gasteiger partial charge in [-0.3, -0.25) is 0 Å². The molecule has 0 spiro atoms. The zero-order chi connectivity index (χ0) is 6.08. The topological polar surface area (TPSA) is 40.1 Å². The van der Waals surface area contributed by atoms with E-state index in [2.05, 4.69) is 0 Å². The molecular weight excluding hydrogens is 180 g/mol. The van der Waals surface area contributed by atoms with Crippen molar-refractivity contribution >= 4 is 14.2 Å². The predicted octanol–water partition coefficient (Wildman–Crippen LogP) is -0.633. The van der Waals surface area contributed by atoms with Gasteiger partial charge in [0.25, 0.3) is 0 Å². The quantitative estimate of drug-likeness (QED) is 0.465. The van der Waals surface area contributed by atoms with Crippen molar-refractivity contribution in [3.8, 4) is 0 Å². The van der Waals surface area contributed by atoms with E-state index in [4.69, 9.17) is 8.02 Å². The number of alkyl halides is 3. The van der Waals surface area contributed by atoms with E-state index in [1.807, 2.05) is 0 Å². The molecular formula is CF3O2Se-. The van der Waals surface area contributed by atoms with E-state index < -0.39 is 19.2 Å². The molecule has 0 bridgehead atoms. The molecule has 0 fully saturated rings. The van der Waals surface area contributed by atoms with Crippen molar-refractivity contribution in [1.29, 1.82) is 0 Å². The Kier molecular flexibility index (Phi) is 1.92. The van der Waals surface area contributed by atoms with Crippen molar-refractivity contribution in [3.63, 3.8) is 0 Å². The number of rotatable bonds is 0. The second-order valence-corrected chi connectivity index (χ2v) is 2.64. The van der Waals surface area contributed by atoms with E-state index in [9.17, 15) is 13.2 Å². The summed E-state index contributed by atoms with van der Waals surface area (Å²) in [6.07, 6.45) is 0. The Bertz CT molecular complexity index is 85.4. The van der Waals surface area contributed by atoms with Crippen LogP contribution in [-0.2, 0) is 3.83 Å². The predicted molar refractivity (Wildman–Crippen MR) is 12.5 cm³/mol. The molecule has 1 atom stereocenters. The van der Waals surface area contributed by atoms with Gasteiger partial charge in [0.15, 0.2) is 0 Å². The summed E-state index contributed by atoms with van der Waals surface area (Å²) >= 11 is -4.74. The molecule has 0 rings (SSSR count). The summed E-state index contributed by atoms with van der Waals surface area (Å²) in [5.74, 6) is 0. The maximum absolute atomic E-state index is 10.6. The molecule has 0 radical (unpaired) electrons. The van der Waals surface area contributed by atoms with Crippen LogP contribution in [0.2, 0.25) is 0 Å². The zero-order valence-corrected chi connectivity index (χ0v) is 4.57. The third-order valence-electron chi connectivity index (χ3n) is 0.189. The molecule has 0 N–H and O–H groups in total. The number of halogens is 3. The van der Waals surface area contributed by atoms with Gasteiger partial charge in [-0.25, -0.2) is 0 Å². The standard InChI is InChI=1S/CHF3O2Se/c2-1(3,4)7(5)6/h(H,5,6)/p-1. The molecule has 0 aromatic rings. The molecule has 0 amide bonds. The van der Waals surface area contributed by atoms with E-state index in [0.29, 0.717) is 0 Å². The van der Waals surface area contributed by atoms with Gasteiger partial charge in [-0.2, -0.15) is 0 Å². The van der Waals surface area contributed by atoms with Crippen LogP contribution in [0.5, 0.6) is 0 Å². The Hall–Kier alpha value is 0.0695. The van der Waals surface area contributed by atoms with Gasteiger partial charge in [-0.1, -0.05) is 0 Å². The van der Waals surface area contributed by atoms with E-state index >= 15 is 0 Å². The molecule has 0 aliphatic carbocycles. The molecule has 0 heterocycles. The van der Waals surface area contributed by atoms with Gasteiger partial charge < -0.3 is 0 Å². The Morgan fingerprint density at radius 2 is 1.57 bits per heavy atom. The van der Waals surface area contributed by atoms with Gasteiger partial charge >= 0.3 is 40.4 Å². The van der Waals surface area contributed by atoms with Crippen LogP contribution in [0.1, 0.15) is 0 Å². The van der Waals surface area contributed by atoms with Crippen LogP contribution in [0.15, 0.2) is 0 Å². The van der Waals surface area contributed by atoms with Crippen LogP contribution < -0.4 is 4.19 Å². The summed E-state index contributed by atoms with van der Waals surface area (Å²) in [6, 6.07) is 0. The van der Waals surface area contributed by atoms with Crippen LogP contribution in [0.25, 0.3) is 0 Å². The Morgan fingerprint density at radius 3 is 1.57 bits per heavy atom.